The van der Waals surface area contributed by atoms with Crippen LogP contribution < -0.4 is 10.6 Å². The van der Waals surface area contributed by atoms with Gasteiger partial charge in [0.15, 0.2) is 5.82 Å². The summed E-state index contributed by atoms with van der Waals surface area (Å²) in [5.41, 5.74) is 6.32. The number of hydrogen-bond acceptors (Lipinski definition) is 5. The summed E-state index contributed by atoms with van der Waals surface area (Å²) in [5.74, 6) is 1.90. The molecule has 17 heavy (non-hydrogen) atoms. The van der Waals surface area contributed by atoms with Gasteiger partial charge >= 0.3 is 0 Å². The summed E-state index contributed by atoms with van der Waals surface area (Å²) < 4.78 is 0.225. The van der Waals surface area contributed by atoms with Gasteiger partial charge in [0.05, 0.1) is 0 Å². The van der Waals surface area contributed by atoms with E-state index < -0.39 is 0 Å². The van der Waals surface area contributed by atoms with Crippen molar-refractivity contribution in [2.45, 2.75) is 18.6 Å². The first-order valence-electron chi connectivity index (χ1n) is 5.49. The van der Waals surface area contributed by atoms with E-state index in [0.29, 0.717) is 10.7 Å². The number of aromatic nitrogens is 2. The molecule has 0 aliphatic carbocycles. The number of nitrogens with zero attached hydrogens (tertiary/aromatic N) is 3. The van der Waals surface area contributed by atoms with Crippen LogP contribution in [0.2, 0.25) is 0 Å². The van der Waals surface area contributed by atoms with Crippen LogP contribution in [0.5, 0.6) is 0 Å². The highest BCUT2D eigenvalue weighted by atomic mass is 32.2. The molecule has 92 valence electrons. The molecule has 2 N–H and O–H groups in total. The molecule has 0 saturated carbocycles. The fourth-order valence-electron chi connectivity index (χ4n) is 1.93. The Balaban J connectivity index is 2.30. The molecule has 1 saturated heterocycles. The molecule has 0 amide bonds. The molecule has 0 aromatic carbocycles. The van der Waals surface area contributed by atoms with Crippen molar-refractivity contribution in [3.05, 3.63) is 18.1 Å². The predicted molar refractivity (Wildman–Crippen MR) is 76.7 cm³/mol. The van der Waals surface area contributed by atoms with E-state index in [-0.39, 0.29) is 4.75 Å². The van der Waals surface area contributed by atoms with Gasteiger partial charge in [0.2, 0.25) is 0 Å². The Morgan fingerprint density at radius 2 is 2.18 bits per heavy atom. The minimum absolute atomic E-state index is 0.225. The standard InChI is InChI=1S/C11H16N4S2/c1-11(2)7-15(5-6-17-11)10-8(9(12)16)13-3-4-14-10/h3-4H,5-7H2,1-2H3,(H2,12,16). The maximum absolute atomic E-state index is 5.69. The third-order valence-corrected chi connectivity index (χ3v) is 4.13. The van der Waals surface area contributed by atoms with E-state index in [4.69, 9.17) is 18.0 Å². The summed E-state index contributed by atoms with van der Waals surface area (Å²) in [6.45, 7) is 6.37. The average molecular weight is 268 g/mol. The van der Waals surface area contributed by atoms with Crippen LogP contribution in [-0.2, 0) is 0 Å². The highest BCUT2D eigenvalue weighted by Crippen LogP contribution is 2.32. The largest absolute Gasteiger partial charge is 0.388 e. The molecule has 1 aliphatic rings. The van der Waals surface area contributed by atoms with Crippen LogP contribution in [0, 0.1) is 0 Å². The molecule has 0 bridgehead atoms. The van der Waals surface area contributed by atoms with Gasteiger partial charge in [0, 0.05) is 36.0 Å². The number of rotatable bonds is 2. The van der Waals surface area contributed by atoms with Crippen LogP contribution in [0.3, 0.4) is 0 Å². The van der Waals surface area contributed by atoms with Gasteiger partial charge < -0.3 is 10.6 Å². The number of thiocarbonyl (C=S) groups is 1. The summed E-state index contributed by atoms with van der Waals surface area (Å²) in [6.07, 6.45) is 3.31. The zero-order valence-corrected chi connectivity index (χ0v) is 11.6. The Bertz CT molecular complexity index is 433. The lowest BCUT2D eigenvalue weighted by molar-refractivity contribution is 0.641. The van der Waals surface area contributed by atoms with Crippen molar-refractivity contribution in [2.24, 2.45) is 5.73 Å². The van der Waals surface area contributed by atoms with Crippen molar-refractivity contribution in [1.29, 1.82) is 0 Å². The highest BCUT2D eigenvalue weighted by Gasteiger charge is 2.29. The maximum Gasteiger partial charge on any atom is 0.157 e. The lowest BCUT2D eigenvalue weighted by Crippen LogP contribution is -2.44. The number of nitrogens with two attached hydrogens (primary N) is 1. The van der Waals surface area contributed by atoms with Crippen LogP contribution in [0.25, 0.3) is 0 Å². The Hall–Kier alpha value is -0.880. The quantitative estimate of drug-likeness (QED) is 0.819. The van der Waals surface area contributed by atoms with Gasteiger partial charge in [-0.15, -0.1) is 0 Å². The first-order chi connectivity index (χ1) is 7.99. The second-order valence-corrected chi connectivity index (χ2v) is 6.86. The third kappa shape index (κ3) is 2.87. The molecule has 0 radical (unpaired) electrons. The molecule has 4 nitrogen and oxygen atoms in total. The zero-order chi connectivity index (χ0) is 12.5. The first-order valence-corrected chi connectivity index (χ1v) is 6.89. The van der Waals surface area contributed by atoms with E-state index in [9.17, 15) is 0 Å². The summed E-state index contributed by atoms with van der Waals surface area (Å²) >= 11 is 7.00. The molecule has 1 aliphatic heterocycles. The minimum atomic E-state index is 0.225. The van der Waals surface area contributed by atoms with Crippen molar-refractivity contribution in [3.8, 4) is 0 Å². The lowest BCUT2D eigenvalue weighted by Gasteiger charge is -2.38. The monoisotopic (exact) mass is 268 g/mol. The van der Waals surface area contributed by atoms with E-state index in [1.165, 1.54) is 0 Å². The Kier molecular flexibility index (Phi) is 3.53. The number of anilines is 1. The van der Waals surface area contributed by atoms with Gasteiger partial charge in [-0.05, 0) is 13.8 Å². The van der Waals surface area contributed by atoms with E-state index in [0.717, 1.165) is 24.7 Å². The van der Waals surface area contributed by atoms with Gasteiger partial charge in [0.25, 0.3) is 0 Å². The van der Waals surface area contributed by atoms with E-state index in [2.05, 4.69) is 28.7 Å². The molecule has 6 heteroatoms. The summed E-state index contributed by atoms with van der Waals surface area (Å²) in [7, 11) is 0. The van der Waals surface area contributed by atoms with Crippen LogP contribution in [0.15, 0.2) is 12.4 Å². The predicted octanol–water partition coefficient (Wildman–Crippen LogP) is 1.44. The Morgan fingerprint density at radius 3 is 2.82 bits per heavy atom. The number of thioether (sulfide) groups is 1. The summed E-state index contributed by atoms with van der Waals surface area (Å²) in [6, 6.07) is 0. The molecular weight excluding hydrogens is 252 g/mol. The lowest BCUT2D eigenvalue weighted by atomic mass is 10.2. The molecule has 0 unspecified atom stereocenters. The average Bonchev–Trinajstić information content (AvgIpc) is 2.27. The molecule has 2 heterocycles. The molecule has 1 aromatic heterocycles. The highest BCUT2D eigenvalue weighted by molar-refractivity contribution is 8.00. The zero-order valence-electron chi connectivity index (χ0n) is 10.0. The van der Waals surface area contributed by atoms with Crippen molar-refractivity contribution in [1.82, 2.24) is 9.97 Å². The smallest absolute Gasteiger partial charge is 0.157 e. The second-order valence-electron chi connectivity index (χ2n) is 4.62. The van der Waals surface area contributed by atoms with Gasteiger partial charge in [0.1, 0.15) is 10.7 Å². The normalized spacial score (nSPS) is 19.1. The second kappa shape index (κ2) is 4.78. The van der Waals surface area contributed by atoms with Gasteiger partial charge in [-0.2, -0.15) is 11.8 Å². The van der Waals surface area contributed by atoms with Crippen molar-refractivity contribution >= 4 is 34.8 Å². The fraction of sp³-hybridized carbons (Fsp3) is 0.545. The Labute approximate surface area is 111 Å². The molecule has 1 fully saturated rings. The maximum atomic E-state index is 5.69. The molecular formula is C11H16N4S2. The van der Waals surface area contributed by atoms with Crippen molar-refractivity contribution in [2.75, 3.05) is 23.7 Å². The van der Waals surface area contributed by atoms with E-state index >= 15 is 0 Å². The molecule has 2 rings (SSSR count). The summed E-state index contributed by atoms with van der Waals surface area (Å²) in [4.78, 5) is 11.1. The van der Waals surface area contributed by atoms with Gasteiger partial charge in [-0.25, -0.2) is 9.97 Å². The SMILES string of the molecule is CC1(C)CN(c2nccnc2C(N)=S)CCS1. The topological polar surface area (TPSA) is 55.0 Å². The number of hydrogen-bond donors (Lipinski definition) is 1. The van der Waals surface area contributed by atoms with Crippen molar-refractivity contribution in [3.63, 3.8) is 0 Å². The third-order valence-electron chi connectivity index (χ3n) is 2.64. The van der Waals surface area contributed by atoms with Crippen LogP contribution in [-0.4, -0.2) is 38.5 Å². The molecule has 0 atom stereocenters. The van der Waals surface area contributed by atoms with Crippen LogP contribution >= 0.6 is 24.0 Å². The summed E-state index contributed by atoms with van der Waals surface area (Å²) in [5, 5.41) is 0. The van der Waals surface area contributed by atoms with E-state index in [1.54, 1.807) is 12.4 Å². The minimum Gasteiger partial charge on any atom is -0.388 e. The van der Waals surface area contributed by atoms with Gasteiger partial charge in [-0.1, -0.05) is 12.2 Å². The Morgan fingerprint density at radius 1 is 1.47 bits per heavy atom. The fourth-order valence-corrected chi connectivity index (χ4v) is 3.19. The van der Waals surface area contributed by atoms with Gasteiger partial charge in [-0.3, -0.25) is 0 Å². The van der Waals surface area contributed by atoms with Crippen LogP contribution in [0.4, 0.5) is 5.82 Å². The first kappa shape index (κ1) is 12.6. The van der Waals surface area contributed by atoms with Crippen LogP contribution in [0.1, 0.15) is 19.5 Å². The van der Waals surface area contributed by atoms with Crippen molar-refractivity contribution < 1.29 is 0 Å². The molecule has 0 spiro atoms. The van der Waals surface area contributed by atoms with E-state index in [1.807, 2.05) is 11.8 Å². The molecule has 1 aromatic rings.